The van der Waals surface area contributed by atoms with Gasteiger partial charge in [0.05, 0.1) is 0 Å². The van der Waals surface area contributed by atoms with Crippen molar-refractivity contribution < 1.29 is 14.2 Å². The first-order valence-corrected chi connectivity index (χ1v) is 4.24. The van der Waals surface area contributed by atoms with Gasteiger partial charge in [-0.15, -0.1) is 0 Å². The lowest BCUT2D eigenvalue weighted by Crippen LogP contribution is -2.19. The van der Waals surface area contributed by atoms with E-state index in [0.717, 1.165) is 4.47 Å². The number of halogens is 1. The van der Waals surface area contributed by atoms with E-state index in [4.69, 9.17) is 14.2 Å². The van der Waals surface area contributed by atoms with Crippen LogP contribution in [0.2, 0.25) is 0 Å². The summed E-state index contributed by atoms with van der Waals surface area (Å²) < 4.78 is 16.3. The quantitative estimate of drug-likeness (QED) is 0.741. The van der Waals surface area contributed by atoms with Crippen molar-refractivity contribution in [3.8, 4) is 11.5 Å². The fourth-order valence-corrected chi connectivity index (χ4v) is 1.34. The first-order valence-electron chi connectivity index (χ1n) is 3.45. The van der Waals surface area contributed by atoms with Gasteiger partial charge in [-0.3, -0.25) is 0 Å². The maximum Gasteiger partial charge on any atom is 0.360 e. The molecule has 64 valence electrons. The maximum absolute atomic E-state index is 5.26. The lowest BCUT2D eigenvalue weighted by Gasteiger charge is -2.05. The van der Waals surface area contributed by atoms with Crippen LogP contribution in [-0.2, 0) is 4.74 Å². The summed E-state index contributed by atoms with van der Waals surface area (Å²) in [5, 5.41) is 0. The Labute approximate surface area is 78.4 Å². The number of ether oxygens (including phenoxy) is 3. The number of benzene rings is 1. The summed E-state index contributed by atoms with van der Waals surface area (Å²) in [6.07, 6.45) is 0. The van der Waals surface area contributed by atoms with E-state index >= 15 is 0 Å². The second-order valence-electron chi connectivity index (χ2n) is 2.35. The molecule has 0 N–H and O–H groups in total. The normalized spacial score (nSPS) is 19.7. The minimum absolute atomic E-state index is 0.603. The van der Waals surface area contributed by atoms with Gasteiger partial charge in [0.15, 0.2) is 11.5 Å². The van der Waals surface area contributed by atoms with E-state index in [1.165, 1.54) is 7.11 Å². The highest BCUT2D eigenvalue weighted by molar-refractivity contribution is 9.10. The van der Waals surface area contributed by atoms with Crippen molar-refractivity contribution in [2.45, 2.75) is 6.48 Å². The number of hydrogen-bond acceptors (Lipinski definition) is 3. The SMILES string of the molecule is COC1Oc2ccc(Br)cc2O1. The largest absolute Gasteiger partial charge is 0.428 e. The summed E-state index contributed by atoms with van der Waals surface area (Å²) in [4.78, 5) is 0. The third-order valence-electron chi connectivity index (χ3n) is 1.54. The second kappa shape index (κ2) is 2.95. The number of rotatable bonds is 1. The molecule has 1 aliphatic heterocycles. The maximum atomic E-state index is 5.26. The Balaban J connectivity index is 2.30. The molecule has 0 saturated carbocycles. The van der Waals surface area contributed by atoms with Crippen LogP contribution < -0.4 is 9.47 Å². The van der Waals surface area contributed by atoms with Gasteiger partial charge in [0.25, 0.3) is 0 Å². The average Bonchev–Trinajstić information content (AvgIpc) is 2.46. The van der Waals surface area contributed by atoms with Crippen molar-refractivity contribution in [3.05, 3.63) is 22.7 Å². The van der Waals surface area contributed by atoms with Gasteiger partial charge in [-0.05, 0) is 18.2 Å². The van der Waals surface area contributed by atoms with Crippen molar-refractivity contribution >= 4 is 15.9 Å². The van der Waals surface area contributed by atoms with E-state index < -0.39 is 6.48 Å². The molecule has 1 heterocycles. The van der Waals surface area contributed by atoms with Gasteiger partial charge < -0.3 is 14.2 Å². The lowest BCUT2D eigenvalue weighted by molar-refractivity contribution is -0.157. The molecule has 3 nitrogen and oxygen atoms in total. The Morgan fingerprint density at radius 2 is 2.08 bits per heavy atom. The minimum atomic E-state index is -0.603. The number of methoxy groups -OCH3 is 1. The molecule has 1 atom stereocenters. The Kier molecular flexibility index (Phi) is 1.94. The zero-order chi connectivity index (χ0) is 8.55. The van der Waals surface area contributed by atoms with Gasteiger partial charge in [0.1, 0.15) is 0 Å². The molecular weight excluding hydrogens is 224 g/mol. The molecule has 1 aromatic carbocycles. The van der Waals surface area contributed by atoms with Crippen LogP contribution in [0.5, 0.6) is 11.5 Å². The standard InChI is InChI=1S/C8H7BrO3/c1-10-8-11-6-3-2-5(9)4-7(6)12-8/h2-4,8H,1H3. The van der Waals surface area contributed by atoms with Crippen LogP contribution in [0.15, 0.2) is 22.7 Å². The van der Waals surface area contributed by atoms with Crippen LogP contribution in [-0.4, -0.2) is 13.6 Å². The Morgan fingerprint density at radius 1 is 1.33 bits per heavy atom. The van der Waals surface area contributed by atoms with E-state index in [2.05, 4.69) is 15.9 Å². The topological polar surface area (TPSA) is 27.7 Å². The summed E-state index contributed by atoms with van der Waals surface area (Å²) in [5.74, 6) is 1.42. The number of fused-ring (bicyclic) bond motifs is 1. The highest BCUT2D eigenvalue weighted by Gasteiger charge is 2.23. The summed E-state index contributed by atoms with van der Waals surface area (Å²) in [6.45, 7) is -0.603. The van der Waals surface area contributed by atoms with E-state index in [-0.39, 0.29) is 0 Å². The summed E-state index contributed by atoms with van der Waals surface area (Å²) in [5.41, 5.74) is 0. The predicted molar refractivity (Wildman–Crippen MR) is 46.2 cm³/mol. The molecule has 12 heavy (non-hydrogen) atoms. The molecule has 1 aliphatic rings. The summed E-state index contributed by atoms with van der Waals surface area (Å²) in [7, 11) is 1.53. The molecule has 4 heteroatoms. The summed E-state index contributed by atoms with van der Waals surface area (Å²) in [6, 6.07) is 5.56. The Hall–Kier alpha value is -0.740. The van der Waals surface area contributed by atoms with Crippen LogP contribution in [0.4, 0.5) is 0 Å². The zero-order valence-electron chi connectivity index (χ0n) is 6.41. The molecule has 0 aromatic heterocycles. The van der Waals surface area contributed by atoms with Crippen LogP contribution >= 0.6 is 15.9 Å². The predicted octanol–water partition coefficient (Wildman–Crippen LogP) is 2.15. The molecule has 0 amide bonds. The lowest BCUT2D eigenvalue weighted by atomic mass is 10.3. The molecule has 0 fully saturated rings. The fraction of sp³-hybridized carbons (Fsp3) is 0.250. The summed E-state index contributed by atoms with van der Waals surface area (Å²) >= 11 is 3.33. The molecule has 1 aromatic rings. The average molecular weight is 231 g/mol. The molecule has 2 rings (SSSR count). The van der Waals surface area contributed by atoms with Crippen LogP contribution in [0.25, 0.3) is 0 Å². The molecule has 0 aliphatic carbocycles. The van der Waals surface area contributed by atoms with Crippen molar-refractivity contribution in [2.24, 2.45) is 0 Å². The van der Waals surface area contributed by atoms with Crippen molar-refractivity contribution in [2.75, 3.05) is 7.11 Å². The van der Waals surface area contributed by atoms with Gasteiger partial charge in [-0.2, -0.15) is 0 Å². The van der Waals surface area contributed by atoms with Gasteiger partial charge in [0.2, 0.25) is 0 Å². The van der Waals surface area contributed by atoms with Gasteiger partial charge in [-0.1, -0.05) is 15.9 Å². The van der Waals surface area contributed by atoms with Crippen molar-refractivity contribution in [3.63, 3.8) is 0 Å². The Bertz CT molecular complexity index is 300. The van der Waals surface area contributed by atoms with Gasteiger partial charge >= 0.3 is 6.48 Å². The highest BCUT2D eigenvalue weighted by Crippen LogP contribution is 2.36. The van der Waals surface area contributed by atoms with Crippen LogP contribution in [0.3, 0.4) is 0 Å². The zero-order valence-corrected chi connectivity index (χ0v) is 8.00. The molecule has 0 saturated heterocycles. The van der Waals surface area contributed by atoms with E-state index in [9.17, 15) is 0 Å². The van der Waals surface area contributed by atoms with Crippen LogP contribution in [0.1, 0.15) is 0 Å². The van der Waals surface area contributed by atoms with E-state index in [1.54, 1.807) is 0 Å². The van der Waals surface area contributed by atoms with E-state index in [1.807, 2.05) is 18.2 Å². The van der Waals surface area contributed by atoms with Crippen molar-refractivity contribution in [1.29, 1.82) is 0 Å². The number of hydrogen-bond donors (Lipinski definition) is 0. The smallest absolute Gasteiger partial charge is 0.360 e. The monoisotopic (exact) mass is 230 g/mol. The Morgan fingerprint density at radius 3 is 2.83 bits per heavy atom. The first kappa shape index (κ1) is 7.89. The molecular formula is C8H7BrO3. The fourth-order valence-electron chi connectivity index (χ4n) is 0.999. The third-order valence-corrected chi connectivity index (χ3v) is 2.04. The second-order valence-corrected chi connectivity index (χ2v) is 3.27. The van der Waals surface area contributed by atoms with Gasteiger partial charge in [-0.25, -0.2) is 0 Å². The van der Waals surface area contributed by atoms with Gasteiger partial charge in [0, 0.05) is 11.6 Å². The van der Waals surface area contributed by atoms with Crippen molar-refractivity contribution in [1.82, 2.24) is 0 Å². The van der Waals surface area contributed by atoms with Crippen LogP contribution in [0, 0.1) is 0 Å². The van der Waals surface area contributed by atoms with E-state index in [0.29, 0.717) is 11.5 Å². The molecule has 1 unspecified atom stereocenters. The molecule has 0 bridgehead atoms. The molecule has 0 radical (unpaired) electrons. The molecule has 0 spiro atoms. The highest BCUT2D eigenvalue weighted by atomic mass is 79.9. The third kappa shape index (κ3) is 1.28. The minimum Gasteiger partial charge on any atom is -0.428 e. The first-order chi connectivity index (χ1) is 5.79.